The van der Waals surface area contributed by atoms with Crippen LogP contribution in [0.15, 0.2) is 48.8 Å². The Kier molecular flexibility index (Phi) is 9.52. The number of aromatic nitrogens is 2. The number of nitrogens with two attached hydrogens (primary N) is 1. The molecule has 2 aliphatic heterocycles. The summed E-state index contributed by atoms with van der Waals surface area (Å²) >= 11 is 0. The van der Waals surface area contributed by atoms with E-state index < -0.39 is 23.8 Å². The molecule has 2 aliphatic rings. The van der Waals surface area contributed by atoms with E-state index >= 15 is 0 Å². The third-order valence-corrected chi connectivity index (χ3v) is 8.56. The molecule has 0 spiro atoms. The van der Waals surface area contributed by atoms with Gasteiger partial charge in [-0.3, -0.25) is 14.5 Å². The van der Waals surface area contributed by atoms with Gasteiger partial charge in [-0.15, -0.1) is 0 Å². The van der Waals surface area contributed by atoms with Gasteiger partial charge in [0.2, 0.25) is 18.4 Å². The number of carboxylic acid groups (broad SMARTS) is 1. The second-order valence-corrected chi connectivity index (χ2v) is 11.2. The fraction of sp³-hybridized carbons (Fsp3) is 0.469. The smallest absolute Gasteiger partial charge is 0.308 e. The zero-order chi connectivity index (χ0) is 30.5. The van der Waals surface area contributed by atoms with Gasteiger partial charge in [-0.05, 0) is 48.2 Å². The Bertz CT molecular complexity index is 1440. The van der Waals surface area contributed by atoms with Crippen molar-refractivity contribution in [3.63, 3.8) is 0 Å². The number of methoxy groups -OCH3 is 1. The van der Waals surface area contributed by atoms with Gasteiger partial charge in [-0.25, -0.2) is 4.98 Å². The van der Waals surface area contributed by atoms with Crippen molar-refractivity contribution in [3.05, 3.63) is 65.7 Å². The predicted molar refractivity (Wildman–Crippen MR) is 161 cm³/mol. The number of imidazole rings is 1. The lowest BCUT2D eigenvalue weighted by Gasteiger charge is -2.30. The van der Waals surface area contributed by atoms with Crippen molar-refractivity contribution in [1.29, 1.82) is 0 Å². The maximum atomic E-state index is 14.0. The van der Waals surface area contributed by atoms with Gasteiger partial charge in [0, 0.05) is 63.1 Å². The van der Waals surface area contributed by atoms with Crippen LogP contribution in [0.2, 0.25) is 0 Å². The SMILES string of the molecule is CCCCN(C(=O)CN1CC(c2cc(OC)c3c(c2)OCO3)C(C(=O)O)C1CCc1nccn1C)c1cccc(CN)c1. The molecule has 2 aromatic carbocycles. The van der Waals surface area contributed by atoms with E-state index in [-0.39, 0.29) is 19.2 Å². The van der Waals surface area contributed by atoms with Gasteiger partial charge >= 0.3 is 5.97 Å². The van der Waals surface area contributed by atoms with Gasteiger partial charge in [0.15, 0.2) is 11.5 Å². The molecule has 3 atom stereocenters. The second-order valence-electron chi connectivity index (χ2n) is 11.2. The number of carbonyl (C=O) groups is 2. The van der Waals surface area contributed by atoms with E-state index in [2.05, 4.69) is 11.9 Å². The summed E-state index contributed by atoms with van der Waals surface area (Å²) in [5.74, 6) is 0.277. The first-order valence-corrected chi connectivity index (χ1v) is 14.8. The minimum atomic E-state index is -0.903. The highest BCUT2D eigenvalue weighted by Gasteiger charge is 2.47. The first kappa shape index (κ1) is 30.4. The number of unbranched alkanes of at least 4 members (excludes halogenated alkanes) is 1. The summed E-state index contributed by atoms with van der Waals surface area (Å²) in [4.78, 5) is 35.3. The maximum absolute atomic E-state index is 14.0. The molecule has 0 saturated carbocycles. The van der Waals surface area contributed by atoms with E-state index in [0.717, 1.165) is 35.5 Å². The molecule has 5 rings (SSSR count). The third-order valence-electron chi connectivity index (χ3n) is 8.56. The Morgan fingerprint density at radius 1 is 1.23 bits per heavy atom. The molecule has 3 aromatic rings. The highest BCUT2D eigenvalue weighted by atomic mass is 16.7. The summed E-state index contributed by atoms with van der Waals surface area (Å²) in [6, 6.07) is 11.0. The van der Waals surface area contributed by atoms with Crippen molar-refractivity contribution in [1.82, 2.24) is 14.5 Å². The van der Waals surface area contributed by atoms with E-state index in [0.29, 0.717) is 49.7 Å². The lowest BCUT2D eigenvalue weighted by atomic mass is 9.83. The number of rotatable bonds is 13. The molecule has 11 heteroatoms. The molecule has 0 radical (unpaired) electrons. The van der Waals surface area contributed by atoms with E-state index in [9.17, 15) is 14.7 Å². The van der Waals surface area contributed by atoms with Crippen LogP contribution in [0, 0.1) is 5.92 Å². The van der Waals surface area contributed by atoms with Crippen molar-refractivity contribution in [2.24, 2.45) is 18.7 Å². The molecule has 3 heterocycles. The first-order chi connectivity index (χ1) is 20.8. The van der Waals surface area contributed by atoms with Crippen LogP contribution in [0.25, 0.3) is 0 Å². The number of hydrogen-bond acceptors (Lipinski definition) is 8. The highest BCUT2D eigenvalue weighted by Crippen LogP contribution is 2.47. The molecule has 11 nitrogen and oxygen atoms in total. The Hall–Kier alpha value is -4.09. The van der Waals surface area contributed by atoms with Crippen LogP contribution >= 0.6 is 0 Å². The number of aryl methyl sites for hydroxylation is 2. The van der Waals surface area contributed by atoms with Crippen molar-refractivity contribution in [2.75, 3.05) is 38.4 Å². The second kappa shape index (κ2) is 13.5. The standard InChI is InChI=1S/C32H41N5O6/c1-4-5-12-37(23-8-6-7-21(14-23)17-33)29(38)19-36-18-24(22-15-26(41-3)31-27(16-22)42-20-43-31)30(32(39)40)25(36)9-10-28-34-11-13-35(28)2/h6-8,11,13-16,24-25,30H,4-5,9-10,12,17-20,33H2,1-3H3,(H,39,40). The van der Waals surface area contributed by atoms with Gasteiger partial charge in [-0.1, -0.05) is 25.5 Å². The number of hydrogen-bond donors (Lipinski definition) is 2. The summed E-state index contributed by atoms with van der Waals surface area (Å²) in [6.45, 7) is 3.60. The molecule has 1 aromatic heterocycles. The zero-order valence-corrected chi connectivity index (χ0v) is 25.1. The average Bonchev–Trinajstić information content (AvgIpc) is 3.74. The normalized spacial score (nSPS) is 19.5. The maximum Gasteiger partial charge on any atom is 0.308 e. The van der Waals surface area contributed by atoms with Crippen molar-refractivity contribution in [3.8, 4) is 17.2 Å². The van der Waals surface area contributed by atoms with Crippen LogP contribution in [-0.2, 0) is 29.6 Å². The van der Waals surface area contributed by atoms with Gasteiger partial charge in [0.25, 0.3) is 0 Å². The quantitative estimate of drug-likeness (QED) is 0.306. The Morgan fingerprint density at radius 3 is 2.77 bits per heavy atom. The summed E-state index contributed by atoms with van der Waals surface area (Å²) in [5, 5.41) is 10.6. The molecule has 0 aliphatic carbocycles. The first-order valence-electron chi connectivity index (χ1n) is 14.8. The molecule has 230 valence electrons. The molecule has 43 heavy (non-hydrogen) atoms. The topological polar surface area (TPSA) is 132 Å². The third kappa shape index (κ3) is 6.47. The number of anilines is 1. The number of carbonyl (C=O) groups excluding carboxylic acids is 1. The van der Waals surface area contributed by atoms with Gasteiger partial charge in [-0.2, -0.15) is 0 Å². The predicted octanol–water partition coefficient (Wildman–Crippen LogP) is 3.55. The minimum absolute atomic E-state index is 0.0716. The Labute approximate surface area is 252 Å². The Balaban J connectivity index is 1.48. The number of ether oxygens (including phenoxy) is 3. The van der Waals surface area contributed by atoms with Gasteiger partial charge < -0.3 is 34.5 Å². The van der Waals surface area contributed by atoms with Crippen molar-refractivity contribution in [2.45, 2.75) is 51.1 Å². The van der Waals surface area contributed by atoms with Crippen LogP contribution in [0.4, 0.5) is 5.69 Å². The van der Waals surface area contributed by atoms with E-state index in [4.69, 9.17) is 19.9 Å². The number of carboxylic acids is 1. The summed E-state index contributed by atoms with van der Waals surface area (Å²) in [7, 11) is 3.48. The van der Waals surface area contributed by atoms with E-state index in [1.54, 1.807) is 13.3 Å². The fourth-order valence-electron chi connectivity index (χ4n) is 6.29. The number of nitrogens with zero attached hydrogens (tertiary/aromatic N) is 4. The number of amides is 1. The molecular weight excluding hydrogens is 550 g/mol. The van der Waals surface area contributed by atoms with Crippen molar-refractivity contribution >= 4 is 17.6 Å². The lowest BCUT2D eigenvalue weighted by Crippen LogP contribution is -2.44. The molecule has 3 N–H and O–H groups in total. The fourth-order valence-corrected chi connectivity index (χ4v) is 6.29. The van der Waals surface area contributed by atoms with Crippen LogP contribution < -0.4 is 24.8 Å². The summed E-state index contributed by atoms with van der Waals surface area (Å²) < 4.78 is 18.7. The summed E-state index contributed by atoms with van der Waals surface area (Å²) in [5.41, 5.74) is 8.43. The van der Waals surface area contributed by atoms with E-state index in [1.807, 2.05) is 64.0 Å². The molecule has 0 bridgehead atoms. The number of aliphatic carboxylic acids is 1. The minimum Gasteiger partial charge on any atom is -0.493 e. The van der Waals surface area contributed by atoms with Crippen LogP contribution in [0.5, 0.6) is 17.2 Å². The number of benzene rings is 2. The number of fused-ring (bicyclic) bond motifs is 1. The molecule has 1 amide bonds. The highest BCUT2D eigenvalue weighted by molar-refractivity contribution is 5.95. The van der Waals surface area contributed by atoms with Gasteiger partial charge in [0.05, 0.1) is 19.6 Å². The molecule has 1 saturated heterocycles. The number of likely N-dealkylation sites (tertiary alicyclic amines) is 1. The van der Waals surface area contributed by atoms with Crippen LogP contribution in [0.3, 0.4) is 0 Å². The van der Waals surface area contributed by atoms with E-state index in [1.165, 1.54) is 0 Å². The molecule has 1 fully saturated rings. The zero-order valence-electron chi connectivity index (χ0n) is 25.1. The molecule has 3 unspecified atom stereocenters. The Morgan fingerprint density at radius 2 is 2.07 bits per heavy atom. The monoisotopic (exact) mass is 591 g/mol. The van der Waals surface area contributed by atoms with Crippen LogP contribution in [-0.4, -0.2) is 71.0 Å². The lowest BCUT2D eigenvalue weighted by molar-refractivity contribution is -0.143. The largest absolute Gasteiger partial charge is 0.493 e. The summed E-state index contributed by atoms with van der Waals surface area (Å²) in [6.07, 6.45) is 6.51. The average molecular weight is 592 g/mol. The van der Waals surface area contributed by atoms with Gasteiger partial charge in [0.1, 0.15) is 5.82 Å². The van der Waals surface area contributed by atoms with Crippen molar-refractivity contribution < 1.29 is 28.9 Å². The molecular formula is C32H41N5O6. The van der Waals surface area contributed by atoms with Crippen LogP contribution in [0.1, 0.15) is 49.1 Å².